The first-order valence-corrected chi connectivity index (χ1v) is 8.13. The van der Waals surface area contributed by atoms with Crippen LogP contribution in [0, 0.1) is 23.1 Å². The smallest absolute Gasteiger partial charge is 0.207 e. The number of sulfonamides is 1. The number of rotatable bonds is 3. The van der Waals surface area contributed by atoms with Gasteiger partial charge >= 0.3 is 0 Å². The Bertz CT molecular complexity index is 629. The lowest BCUT2D eigenvalue weighted by Gasteiger charge is -2.30. The molecule has 1 aromatic rings. The molecule has 108 valence electrons. The highest BCUT2D eigenvalue weighted by Crippen LogP contribution is 2.27. The highest BCUT2D eigenvalue weighted by molar-refractivity contribution is 7.89. The van der Waals surface area contributed by atoms with E-state index >= 15 is 0 Å². The minimum absolute atomic E-state index is 0.227. The van der Waals surface area contributed by atoms with Crippen LogP contribution in [0.3, 0.4) is 0 Å². The minimum atomic E-state index is -3.79. The Morgan fingerprint density at radius 1 is 1.40 bits per heavy atom. The largest absolute Gasteiger partial charge is 0.244 e. The molecule has 1 heterocycles. The Kier molecular flexibility index (Phi) is 4.41. The molecule has 0 radical (unpaired) electrons. The molecule has 0 amide bonds. The fourth-order valence-electron chi connectivity index (χ4n) is 2.52. The molecule has 2 rings (SSSR count). The van der Waals surface area contributed by atoms with Gasteiger partial charge in [-0.05, 0) is 30.9 Å². The lowest BCUT2D eigenvalue weighted by atomic mass is 9.96. The fraction of sp³-hybridized carbons (Fsp3) is 0.500. The van der Waals surface area contributed by atoms with Crippen LogP contribution in [-0.2, 0) is 10.0 Å². The van der Waals surface area contributed by atoms with Crippen molar-refractivity contribution < 1.29 is 12.8 Å². The molecule has 1 fully saturated rings. The fourth-order valence-corrected chi connectivity index (χ4v) is 4.15. The number of nitrogens with zero attached hydrogens (tertiary/aromatic N) is 2. The van der Waals surface area contributed by atoms with Crippen molar-refractivity contribution in [3.8, 4) is 6.07 Å². The van der Waals surface area contributed by atoms with Gasteiger partial charge in [-0.2, -0.15) is 9.57 Å². The van der Waals surface area contributed by atoms with Gasteiger partial charge in [-0.3, -0.25) is 0 Å². The van der Waals surface area contributed by atoms with E-state index in [2.05, 4.69) is 6.92 Å². The van der Waals surface area contributed by atoms with Gasteiger partial charge in [0.2, 0.25) is 10.0 Å². The second-order valence-electron chi connectivity index (χ2n) is 4.98. The number of nitriles is 1. The maximum absolute atomic E-state index is 13.6. The lowest BCUT2D eigenvalue weighted by Crippen LogP contribution is -2.38. The predicted octanol–water partition coefficient (Wildman–Crippen LogP) is 2.51. The third-order valence-electron chi connectivity index (χ3n) is 3.86. The first-order valence-electron chi connectivity index (χ1n) is 6.69. The topological polar surface area (TPSA) is 61.2 Å². The van der Waals surface area contributed by atoms with Gasteiger partial charge in [0, 0.05) is 13.1 Å². The van der Waals surface area contributed by atoms with Crippen LogP contribution in [-0.4, -0.2) is 25.8 Å². The van der Waals surface area contributed by atoms with Gasteiger partial charge in [-0.15, -0.1) is 0 Å². The van der Waals surface area contributed by atoms with Crippen molar-refractivity contribution in [3.63, 3.8) is 0 Å². The Morgan fingerprint density at radius 3 is 2.60 bits per heavy atom. The predicted molar refractivity (Wildman–Crippen MR) is 72.9 cm³/mol. The molecule has 0 spiro atoms. The molecule has 0 atom stereocenters. The van der Waals surface area contributed by atoms with Crippen molar-refractivity contribution in [2.24, 2.45) is 5.92 Å². The summed E-state index contributed by atoms with van der Waals surface area (Å²) in [4.78, 5) is -0.227. The molecule has 1 aliphatic rings. The monoisotopic (exact) mass is 296 g/mol. The second-order valence-corrected chi connectivity index (χ2v) is 6.89. The van der Waals surface area contributed by atoms with Crippen LogP contribution >= 0.6 is 0 Å². The van der Waals surface area contributed by atoms with Gasteiger partial charge in [-0.1, -0.05) is 19.4 Å². The van der Waals surface area contributed by atoms with Crippen molar-refractivity contribution in [1.29, 1.82) is 5.26 Å². The van der Waals surface area contributed by atoms with E-state index in [1.54, 1.807) is 6.07 Å². The summed E-state index contributed by atoms with van der Waals surface area (Å²) in [7, 11) is -3.79. The van der Waals surface area contributed by atoms with E-state index in [9.17, 15) is 12.8 Å². The van der Waals surface area contributed by atoms with Crippen LogP contribution in [0.5, 0.6) is 0 Å². The van der Waals surface area contributed by atoms with Gasteiger partial charge in [0.15, 0.2) is 0 Å². The molecule has 1 saturated heterocycles. The average molecular weight is 296 g/mol. The molecule has 0 aromatic heterocycles. The zero-order valence-electron chi connectivity index (χ0n) is 11.3. The summed E-state index contributed by atoms with van der Waals surface area (Å²) >= 11 is 0. The van der Waals surface area contributed by atoms with Gasteiger partial charge in [0.05, 0.1) is 0 Å². The summed E-state index contributed by atoms with van der Waals surface area (Å²) in [6.07, 6.45) is 2.66. The first kappa shape index (κ1) is 14.9. The Labute approximate surface area is 118 Å². The molecule has 0 bridgehead atoms. The summed E-state index contributed by atoms with van der Waals surface area (Å²) in [5, 5.41) is 8.97. The van der Waals surface area contributed by atoms with Crippen LogP contribution in [0.1, 0.15) is 31.7 Å². The number of hydrogen-bond donors (Lipinski definition) is 0. The molecular formula is C14H17FN2O2S. The van der Waals surface area contributed by atoms with Crippen molar-refractivity contribution >= 4 is 10.0 Å². The summed E-state index contributed by atoms with van der Waals surface area (Å²) < 4.78 is 40.0. The normalized spacial score (nSPS) is 17.9. The maximum atomic E-state index is 13.6. The molecule has 20 heavy (non-hydrogen) atoms. The summed E-state index contributed by atoms with van der Waals surface area (Å²) in [6, 6.07) is 5.36. The van der Waals surface area contributed by atoms with E-state index in [4.69, 9.17) is 5.26 Å². The highest BCUT2D eigenvalue weighted by atomic mass is 32.2. The lowest BCUT2D eigenvalue weighted by molar-refractivity contribution is 0.269. The van der Waals surface area contributed by atoms with E-state index in [-0.39, 0.29) is 4.90 Å². The molecule has 1 aromatic carbocycles. The van der Waals surface area contributed by atoms with Crippen LogP contribution < -0.4 is 0 Å². The molecule has 1 aliphatic heterocycles. The van der Waals surface area contributed by atoms with Crippen LogP contribution in [0.2, 0.25) is 0 Å². The Morgan fingerprint density at radius 2 is 2.05 bits per heavy atom. The zero-order valence-corrected chi connectivity index (χ0v) is 12.2. The van der Waals surface area contributed by atoms with Gasteiger partial charge in [-0.25, -0.2) is 12.8 Å². The van der Waals surface area contributed by atoms with E-state index in [0.29, 0.717) is 19.0 Å². The van der Waals surface area contributed by atoms with Crippen molar-refractivity contribution in [1.82, 2.24) is 4.31 Å². The van der Waals surface area contributed by atoms with Gasteiger partial charge in [0.25, 0.3) is 0 Å². The first-order chi connectivity index (χ1) is 9.50. The Balaban J connectivity index is 2.33. The molecule has 0 saturated carbocycles. The van der Waals surface area contributed by atoms with Crippen molar-refractivity contribution in [3.05, 3.63) is 29.6 Å². The second kappa shape index (κ2) is 5.90. The van der Waals surface area contributed by atoms with Gasteiger partial charge < -0.3 is 0 Å². The summed E-state index contributed by atoms with van der Waals surface area (Å²) in [6.45, 7) is 2.96. The molecule has 6 heteroatoms. The van der Waals surface area contributed by atoms with Crippen molar-refractivity contribution in [2.75, 3.05) is 13.1 Å². The van der Waals surface area contributed by atoms with E-state index in [0.717, 1.165) is 25.3 Å². The van der Waals surface area contributed by atoms with Gasteiger partial charge in [0.1, 0.15) is 22.3 Å². The van der Waals surface area contributed by atoms with E-state index in [1.165, 1.54) is 16.4 Å². The molecule has 0 aliphatic carbocycles. The van der Waals surface area contributed by atoms with Crippen LogP contribution in [0.15, 0.2) is 23.1 Å². The zero-order chi connectivity index (χ0) is 14.8. The van der Waals surface area contributed by atoms with Crippen LogP contribution in [0.4, 0.5) is 4.39 Å². The van der Waals surface area contributed by atoms with Crippen molar-refractivity contribution in [2.45, 2.75) is 31.1 Å². The number of piperidine rings is 1. The van der Waals surface area contributed by atoms with Crippen LogP contribution in [0.25, 0.3) is 0 Å². The highest BCUT2D eigenvalue weighted by Gasteiger charge is 2.31. The SMILES string of the molecule is CCC1CCN(S(=O)(=O)c2cccc(F)c2C#N)CC1. The maximum Gasteiger partial charge on any atom is 0.244 e. The number of benzene rings is 1. The molecule has 0 unspecified atom stereocenters. The number of hydrogen-bond acceptors (Lipinski definition) is 3. The standard InChI is InChI=1S/C14H17FN2O2S/c1-2-11-6-8-17(9-7-11)20(18,19)14-5-3-4-13(15)12(14)10-16/h3-5,11H,2,6-9H2,1H3. The molecule has 0 N–H and O–H groups in total. The minimum Gasteiger partial charge on any atom is -0.207 e. The third-order valence-corrected chi connectivity index (χ3v) is 5.80. The summed E-state index contributed by atoms with van der Waals surface area (Å²) in [5.74, 6) is -0.249. The average Bonchev–Trinajstić information content (AvgIpc) is 2.47. The number of halogens is 1. The quantitative estimate of drug-likeness (QED) is 0.861. The van der Waals surface area contributed by atoms with E-state index < -0.39 is 21.4 Å². The third kappa shape index (κ3) is 2.69. The molecular weight excluding hydrogens is 279 g/mol. The van der Waals surface area contributed by atoms with E-state index in [1.807, 2.05) is 0 Å². The molecule has 4 nitrogen and oxygen atoms in total. The Hall–Kier alpha value is -1.45. The summed E-state index contributed by atoms with van der Waals surface area (Å²) in [5.41, 5.74) is -0.398.